The van der Waals surface area contributed by atoms with E-state index in [1.807, 2.05) is 84.9 Å². The Kier molecular flexibility index (Phi) is 6.40. The molecule has 32 heavy (non-hydrogen) atoms. The Morgan fingerprint density at radius 1 is 0.938 bits per heavy atom. The molecule has 0 spiro atoms. The maximum absolute atomic E-state index is 13.3. The summed E-state index contributed by atoms with van der Waals surface area (Å²) in [5, 5.41) is 12.6. The van der Waals surface area contributed by atoms with Crippen LogP contribution in [0.1, 0.15) is 11.1 Å². The van der Waals surface area contributed by atoms with Gasteiger partial charge in [-0.1, -0.05) is 78.9 Å². The number of thiazole rings is 1. The Hall–Kier alpha value is -4.21. The van der Waals surface area contributed by atoms with Crippen molar-refractivity contribution in [2.75, 3.05) is 0 Å². The molecule has 0 aliphatic rings. The van der Waals surface area contributed by atoms with Gasteiger partial charge in [-0.25, -0.2) is 0 Å². The molecule has 0 saturated carbocycles. The number of rotatable bonds is 5. The van der Waals surface area contributed by atoms with Gasteiger partial charge in [0.15, 0.2) is 5.57 Å². The van der Waals surface area contributed by atoms with Crippen molar-refractivity contribution < 1.29 is 4.79 Å². The van der Waals surface area contributed by atoms with Crippen LogP contribution < -0.4 is 20.1 Å². The van der Waals surface area contributed by atoms with Crippen LogP contribution >= 0.6 is 11.3 Å². The minimum Gasteiger partial charge on any atom is -0.347 e. The predicted molar refractivity (Wildman–Crippen MR) is 126 cm³/mol. The van der Waals surface area contributed by atoms with Crippen LogP contribution in [0.4, 0.5) is 0 Å². The molecular formula is C26H19N3O2S. The summed E-state index contributed by atoms with van der Waals surface area (Å²) in [6.07, 6.45) is 1.77. The zero-order chi connectivity index (χ0) is 22.3. The smallest absolute Gasteiger partial charge is 0.273 e. The fourth-order valence-corrected chi connectivity index (χ4v) is 4.33. The normalized spacial score (nSPS) is 12.2. The number of amides is 1. The molecule has 1 aromatic heterocycles. The van der Waals surface area contributed by atoms with Crippen molar-refractivity contribution >= 4 is 28.9 Å². The standard InChI is InChI=1S/C26H19N3O2S/c27-17-22(24(30)28-18-20-12-6-2-7-13-20)26-29(21-14-8-3-9-15-21)25(31)23(32-26)16-19-10-4-1-5-11-19/h1-16H,18H2,(H,28,30). The summed E-state index contributed by atoms with van der Waals surface area (Å²) in [4.78, 5) is 26.2. The zero-order valence-electron chi connectivity index (χ0n) is 17.1. The molecule has 0 unspecified atom stereocenters. The van der Waals surface area contributed by atoms with Crippen molar-refractivity contribution in [2.24, 2.45) is 0 Å². The van der Waals surface area contributed by atoms with Crippen LogP contribution in [0.5, 0.6) is 0 Å². The molecule has 0 aliphatic heterocycles. The number of nitrogens with zero attached hydrogens (tertiary/aromatic N) is 2. The molecule has 5 nitrogen and oxygen atoms in total. The number of aromatic nitrogens is 1. The summed E-state index contributed by atoms with van der Waals surface area (Å²) in [6.45, 7) is 0.287. The Labute approximate surface area is 188 Å². The second kappa shape index (κ2) is 9.73. The first-order valence-corrected chi connectivity index (χ1v) is 10.8. The molecule has 0 atom stereocenters. The lowest BCUT2D eigenvalue weighted by atomic mass is 10.2. The van der Waals surface area contributed by atoms with Gasteiger partial charge in [-0.2, -0.15) is 5.26 Å². The number of nitrogens with one attached hydrogen (secondary N) is 1. The third-order valence-corrected chi connectivity index (χ3v) is 5.88. The quantitative estimate of drug-likeness (QED) is 0.522. The van der Waals surface area contributed by atoms with Crippen molar-refractivity contribution in [1.82, 2.24) is 9.88 Å². The molecule has 1 heterocycles. The van der Waals surface area contributed by atoms with Crippen LogP contribution in [-0.2, 0) is 11.3 Å². The average Bonchev–Trinajstić information content (AvgIpc) is 3.15. The van der Waals surface area contributed by atoms with Gasteiger partial charge in [-0.05, 0) is 29.3 Å². The van der Waals surface area contributed by atoms with Crippen LogP contribution in [0.3, 0.4) is 0 Å². The van der Waals surface area contributed by atoms with E-state index in [1.54, 1.807) is 18.2 Å². The summed E-state index contributed by atoms with van der Waals surface area (Å²) in [5.41, 5.74) is 2.01. The van der Waals surface area contributed by atoms with E-state index in [4.69, 9.17) is 0 Å². The summed E-state index contributed by atoms with van der Waals surface area (Å²) >= 11 is 1.13. The number of carbonyl (C=O) groups is 1. The van der Waals surface area contributed by atoms with E-state index in [-0.39, 0.29) is 17.7 Å². The number of nitriles is 1. The Morgan fingerprint density at radius 2 is 1.53 bits per heavy atom. The van der Waals surface area contributed by atoms with E-state index < -0.39 is 5.91 Å². The maximum Gasteiger partial charge on any atom is 0.273 e. The van der Waals surface area contributed by atoms with Gasteiger partial charge in [0.25, 0.3) is 11.5 Å². The highest BCUT2D eigenvalue weighted by atomic mass is 32.1. The highest BCUT2D eigenvalue weighted by Gasteiger charge is 2.16. The SMILES string of the molecule is N#CC(C(=O)NCc1ccccc1)=c1sc(=Cc2ccccc2)c(=O)n1-c1ccccc1. The van der Waals surface area contributed by atoms with Gasteiger partial charge < -0.3 is 5.32 Å². The first-order chi connectivity index (χ1) is 15.7. The van der Waals surface area contributed by atoms with E-state index in [9.17, 15) is 14.9 Å². The molecule has 156 valence electrons. The second-order valence-corrected chi connectivity index (χ2v) is 7.99. The fourth-order valence-electron chi connectivity index (χ4n) is 3.22. The summed E-state index contributed by atoms with van der Waals surface area (Å²) < 4.78 is 2.18. The van der Waals surface area contributed by atoms with Gasteiger partial charge in [-0.15, -0.1) is 11.3 Å². The largest absolute Gasteiger partial charge is 0.347 e. The molecule has 4 rings (SSSR count). The van der Waals surface area contributed by atoms with Gasteiger partial charge in [0.1, 0.15) is 10.7 Å². The maximum atomic E-state index is 13.3. The lowest BCUT2D eigenvalue weighted by molar-refractivity contribution is -0.115. The predicted octanol–water partition coefficient (Wildman–Crippen LogP) is 2.72. The number of para-hydroxylation sites is 1. The first kappa shape index (κ1) is 21.0. The Morgan fingerprint density at radius 3 is 2.16 bits per heavy atom. The third kappa shape index (κ3) is 4.59. The van der Waals surface area contributed by atoms with E-state index >= 15 is 0 Å². The van der Waals surface area contributed by atoms with E-state index in [2.05, 4.69) is 5.32 Å². The number of carbonyl (C=O) groups excluding carboxylic acids is 1. The molecule has 6 heteroatoms. The molecule has 4 aromatic rings. The number of hydrogen-bond acceptors (Lipinski definition) is 4. The highest BCUT2D eigenvalue weighted by Crippen LogP contribution is 2.05. The minimum absolute atomic E-state index is 0.0976. The van der Waals surface area contributed by atoms with Crippen LogP contribution in [-0.4, -0.2) is 10.5 Å². The highest BCUT2D eigenvalue weighted by molar-refractivity contribution is 7.07. The Bertz CT molecular complexity index is 1450. The molecule has 0 radical (unpaired) electrons. The summed E-state index contributed by atoms with van der Waals surface area (Å²) in [5.74, 6) is -0.520. The molecule has 3 aromatic carbocycles. The lowest BCUT2D eigenvalue weighted by Gasteiger charge is -2.06. The van der Waals surface area contributed by atoms with Gasteiger partial charge in [0.05, 0.1) is 10.2 Å². The van der Waals surface area contributed by atoms with E-state index in [1.165, 1.54) is 4.57 Å². The summed E-state index contributed by atoms with van der Waals surface area (Å²) in [6, 6.07) is 30.0. The molecule has 0 fully saturated rings. The molecule has 1 amide bonds. The average molecular weight is 438 g/mol. The van der Waals surface area contributed by atoms with E-state index in [0.29, 0.717) is 14.9 Å². The van der Waals surface area contributed by atoms with Crippen molar-refractivity contribution in [3.8, 4) is 11.8 Å². The second-order valence-electron chi connectivity index (χ2n) is 6.96. The first-order valence-electron chi connectivity index (χ1n) is 9.98. The van der Waals surface area contributed by atoms with Gasteiger partial charge in [0.2, 0.25) is 0 Å². The van der Waals surface area contributed by atoms with Crippen molar-refractivity contribution in [3.63, 3.8) is 0 Å². The van der Waals surface area contributed by atoms with Crippen LogP contribution in [0, 0.1) is 11.3 Å². The molecule has 1 N–H and O–H groups in total. The fraction of sp³-hybridized carbons (Fsp3) is 0.0385. The summed E-state index contributed by atoms with van der Waals surface area (Å²) in [7, 11) is 0. The zero-order valence-corrected chi connectivity index (χ0v) is 17.9. The van der Waals surface area contributed by atoms with Crippen molar-refractivity contribution in [3.05, 3.63) is 122 Å². The topological polar surface area (TPSA) is 74.9 Å². The molecule has 0 bridgehead atoms. The third-order valence-electron chi connectivity index (χ3n) is 4.78. The van der Waals surface area contributed by atoms with Gasteiger partial charge in [0, 0.05) is 6.54 Å². The number of hydrogen-bond donors (Lipinski definition) is 1. The van der Waals surface area contributed by atoms with Gasteiger partial charge >= 0.3 is 0 Å². The van der Waals surface area contributed by atoms with Gasteiger partial charge in [-0.3, -0.25) is 14.2 Å². The van der Waals surface area contributed by atoms with Crippen molar-refractivity contribution in [2.45, 2.75) is 6.54 Å². The van der Waals surface area contributed by atoms with E-state index in [0.717, 1.165) is 22.5 Å². The molecule has 0 saturated heterocycles. The lowest BCUT2D eigenvalue weighted by Crippen LogP contribution is -2.33. The minimum atomic E-state index is -0.520. The molecular weight excluding hydrogens is 418 g/mol. The molecule has 0 aliphatic carbocycles. The monoisotopic (exact) mass is 437 g/mol. The number of benzene rings is 3. The van der Waals surface area contributed by atoms with Crippen LogP contribution in [0.2, 0.25) is 0 Å². The van der Waals surface area contributed by atoms with Crippen LogP contribution in [0.15, 0.2) is 95.8 Å². The van der Waals surface area contributed by atoms with Crippen LogP contribution in [0.25, 0.3) is 17.3 Å². The van der Waals surface area contributed by atoms with Crippen molar-refractivity contribution in [1.29, 1.82) is 5.26 Å². The Balaban J connectivity index is 1.87.